The van der Waals surface area contributed by atoms with E-state index in [0.29, 0.717) is 11.1 Å². The fourth-order valence-corrected chi connectivity index (χ4v) is 8.19. The Morgan fingerprint density at radius 1 is 0.415 bits per heavy atom. The molecular weight excluding hydrogens is 649 g/mol. The van der Waals surface area contributed by atoms with Gasteiger partial charge in [-0.3, -0.25) is 0 Å². The van der Waals surface area contributed by atoms with Gasteiger partial charge in [0.15, 0.2) is 11.2 Å². The number of furan rings is 2. The maximum absolute atomic E-state index is 10.3. The normalized spacial score (nSPS) is 11.8. The molecule has 0 atom stereocenters. The van der Waals surface area contributed by atoms with E-state index in [0.717, 1.165) is 88.0 Å². The molecule has 0 unspecified atom stereocenters. The van der Waals surface area contributed by atoms with Crippen molar-refractivity contribution in [1.29, 1.82) is 5.26 Å². The zero-order valence-electron chi connectivity index (χ0n) is 28.4. The van der Waals surface area contributed by atoms with Crippen LogP contribution < -0.4 is 0 Å². The van der Waals surface area contributed by atoms with Crippen LogP contribution in [0.1, 0.15) is 5.56 Å². The smallest absolute Gasteiger partial charge is 0.159 e. The van der Waals surface area contributed by atoms with Gasteiger partial charge in [-0.25, -0.2) is 0 Å². The topological polar surface area (TPSA) is 55.0 Å². The predicted octanol–water partition coefficient (Wildman–Crippen LogP) is 13.5. The van der Waals surface area contributed by atoms with Crippen molar-refractivity contribution in [2.45, 2.75) is 0 Å². The third-order valence-electron chi connectivity index (χ3n) is 10.7. The Balaban J connectivity index is 1.18. The standard InChI is InChI=1S/C49H28N2O2/c50-29-35-19-22-36(34-18-23-38-37-14-7-8-17-45(37)52-46(38)28-34)47-39-15-9-16-44(49(39)53-48(35)47)51-42-24-20-32(30-10-3-1-4-11-30)26-40(42)41-27-33(21-25-43(41)51)31-12-5-2-6-13-31/h1-28H. The molecule has 0 radical (unpaired) electrons. The lowest BCUT2D eigenvalue weighted by atomic mass is 9.96. The summed E-state index contributed by atoms with van der Waals surface area (Å²) in [5.41, 5.74) is 13.2. The fourth-order valence-electron chi connectivity index (χ4n) is 8.19. The van der Waals surface area contributed by atoms with Gasteiger partial charge in [0.2, 0.25) is 0 Å². The average molecular weight is 677 g/mol. The average Bonchev–Trinajstić information content (AvgIpc) is 3.90. The summed E-state index contributed by atoms with van der Waals surface area (Å²) in [7, 11) is 0. The maximum atomic E-state index is 10.3. The van der Waals surface area contributed by atoms with Crippen molar-refractivity contribution in [2.75, 3.05) is 0 Å². The number of hydrogen-bond acceptors (Lipinski definition) is 3. The Morgan fingerprint density at radius 3 is 1.74 bits per heavy atom. The molecule has 53 heavy (non-hydrogen) atoms. The molecule has 0 saturated carbocycles. The van der Waals surface area contributed by atoms with Gasteiger partial charge in [0.05, 0.1) is 22.3 Å². The molecular formula is C49H28N2O2. The van der Waals surface area contributed by atoms with E-state index in [4.69, 9.17) is 8.83 Å². The summed E-state index contributed by atoms with van der Waals surface area (Å²) in [5.74, 6) is 0. The summed E-state index contributed by atoms with van der Waals surface area (Å²) in [6.45, 7) is 0. The van der Waals surface area contributed by atoms with Crippen molar-refractivity contribution < 1.29 is 8.83 Å². The number of rotatable bonds is 4. The van der Waals surface area contributed by atoms with Gasteiger partial charge >= 0.3 is 0 Å². The van der Waals surface area contributed by atoms with Crippen LogP contribution in [-0.4, -0.2) is 4.57 Å². The number of benzene rings is 8. The number of hydrogen-bond donors (Lipinski definition) is 0. The van der Waals surface area contributed by atoms with Gasteiger partial charge in [0, 0.05) is 32.3 Å². The van der Waals surface area contributed by atoms with E-state index < -0.39 is 0 Å². The Hall–Kier alpha value is -7.35. The van der Waals surface area contributed by atoms with E-state index in [9.17, 15) is 5.26 Å². The minimum absolute atomic E-state index is 0.498. The molecule has 3 aromatic heterocycles. The molecule has 0 saturated heterocycles. The van der Waals surface area contributed by atoms with Gasteiger partial charge < -0.3 is 13.4 Å². The van der Waals surface area contributed by atoms with Crippen LogP contribution in [0.15, 0.2) is 179 Å². The summed E-state index contributed by atoms with van der Waals surface area (Å²) in [4.78, 5) is 0. The van der Waals surface area contributed by atoms with Crippen LogP contribution in [0.25, 0.3) is 105 Å². The van der Waals surface area contributed by atoms with Crippen LogP contribution in [0, 0.1) is 11.3 Å². The van der Waals surface area contributed by atoms with E-state index in [2.05, 4.69) is 138 Å². The summed E-state index contributed by atoms with van der Waals surface area (Å²) in [6.07, 6.45) is 0. The van der Waals surface area contributed by atoms with E-state index >= 15 is 0 Å². The second kappa shape index (κ2) is 11.3. The van der Waals surface area contributed by atoms with E-state index in [1.807, 2.05) is 42.5 Å². The van der Waals surface area contributed by atoms with Crippen molar-refractivity contribution in [3.63, 3.8) is 0 Å². The lowest BCUT2D eigenvalue weighted by molar-refractivity contribution is 0.665. The van der Waals surface area contributed by atoms with Gasteiger partial charge in [-0.1, -0.05) is 115 Å². The van der Waals surface area contributed by atoms with E-state index in [-0.39, 0.29) is 0 Å². The molecule has 0 fully saturated rings. The largest absolute Gasteiger partial charge is 0.456 e. The molecule has 4 nitrogen and oxygen atoms in total. The summed E-state index contributed by atoms with van der Waals surface area (Å²) in [5, 5.41) is 16.6. The predicted molar refractivity (Wildman–Crippen MR) is 216 cm³/mol. The molecule has 0 spiro atoms. The maximum Gasteiger partial charge on any atom is 0.159 e. The molecule has 0 aliphatic rings. The van der Waals surface area contributed by atoms with Crippen LogP contribution in [-0.2, 0) is 0 Å². The molecule has 0 amide bonds. The monoisotopic (exact) mass is 676 g/mol. The van der Waals surface area contributed by atoms with Crippen LogP contribution in [0.3, 0.4) is 0 Å². The Labute approximate surface area is 304 Å². The van der Waals surface area contributed by atoms with Crippen LogP contribution in [0.4, 0.5) is 0 Å². The number of nitriles is 1. The van der Waals surface area contributed by atoms with Crippen molar-refractivity contribution in [3.05, 3.63) is 175 Å². The first-order chi connectivity index (χ1) is 26.2. The Bertz CT molecular complexity index is 3190. The molecule has 11 aromatic rings. The SMILES string of the molecule is N#Cc1ccc(-c2ccc3c(c2)oc2ccccc23)c2c1oc1c(-n3c4ccc(-c5ccccc5)cc4c4cc(-c5ccccc5)ccc43)cccc12. The zero-order valence-corrected chi connectivity index (χ0v) is 28.4. The number of para-hydroxylation sites is 2. The molecule has 246 valence electrons. The van der Waals surface area contributed by atoms with Crippen LogP contribution in [0.5, 0.6) is 0 Å². The third kappa shape index (κ3) is 4.41. The van der Waals surface area contributed by atoms with Crippen molar-refractivity contribution in [1.82, 2.24) is 4.57 Å². The van der Waals surface area contributed by atoms with Crippen molar-refractivity contribution in [2.24, 2.45) is 0 Å². The first-order valence-corrected chi connectivity index (χ1v) is 17.7. The van der Waals surface area contributed by atoms with Gasteiger partial charge in [-0.05, 0) is 88.0 Å². The number of nitrogens with zero attached hydrogens (tertiary/aromatic N) is 2. The second-order valence-electron chi connectivity index (χ2n) is 13.6. The highest BCUT2D eigenvalue weighted by Crippen LogP contribution is 2.44. The molecule has 0 aliphatic carbocycles. The van der Waals surface area contributed by atoms with Gasteiger partial charge in [0.1, 0.15) is 17.2 Å². The highest BCUT2D eigenvalue weighted by molar-refractivity contribution is 6.18. The lowest BCUT2D eigenvalue weighted by Crippen LogP contribution is -1.94. The van der Waals surface area contributed by atoms with E-state index in [1.54, 1.807) is 0 Å². The Morgan fingerprint density at radius 2 is 1.04 bits per heavy atom. The molecule has 0 aliphatic heterocycles. The highest BCUT2D eigenvalue weighted by Gasteiger charge is 2.22. The van der Waals surface area contributed by atoms with Crippen LogP contribution in [0.2, 0.25) is 0 Å². The number of aromatic nitrogens is 1. The van der Waals surface area contributed by atoms with Crippen molar-refractivity contribution in [3.8, 4) is 45.1 Å². The number of fused-ring (bicyclic) bond motifs is 9. The van der Waals surface area contributed by atoms with Gasteiger partial charge in [-0.2, -0.15) is 5.26 Å². The highest BCUT2D eigenvalue weighted by atomic mass is 16.3. The van der Waals surface area contributed by atoms with Crippen molar-refractivity contribution >= 4 is 65.7 Å². The molecule has 8 aromatic carbocycles. The zero-order chi connectivity index (χ0) is 35.0. The minimum Gasteiger partial charge on any atom is -0.456 e. The second-order valence-corrected chi connectivity index (χ2v) is 13.6. The van der Waals surface area contributed by atoms with Gasteiger partial charge in [0.25, 0.3) is 0 Å². The van der Waals surface area contributed by atoms with Gasteiger partial charge in [-0.15, -0.1) is 0 Å². The quantitative estimate of drug-likeness (QED) is 0.186. The molecule has 4 heteroatoms. The third-order valence-corrected chi connectivity index (χ3v) is 10.7. The first kappa shape index (κ1) is 29.4. The van der Waals surface area contributed by atoms with Crippen LogP contribution >= 0.6 is 0 Å². The fraction of sp³-hybridized carbons (Fsp3) is 0. The molecule has 0 N–H and O–H groups in total. The summed E-state index contributed by atoms with van der Waals surface area (Å²) >= 11 is 0. The minimum atomic E-state index is 0.498. The lowest BCUT2D eigenvalue weighted by Gasteiger charge is -2.10. The molecule has 3 heterocycles. The Kier molecular flexibility index (Phi) is 6.28. The summed E-state index contributed by atoms with van der Waals surface area (Å²) in [6, 6.07) is 61.5. The first-order valence-electron chi connectivity index (χ1n) is 17.7. The van der Waals surface area contributed by atoms with E-state index in [1.165, 1.54) is 11.1 Å². The molecule has 11 rings (SSSR count). The summed E-state index contributed by atoms with van der Waals surface area (Å²) < 4.78 is 15.4. The molecule has 0 bridgehead atoms.